The summed E-state index contributed by atoms with van der Waals surface area (Å²) in [6.45, 7) is 0. The second-order valence-corrected chi connectivity index (χ2v) is 2.37. The van der Waals surface area contributed by atoms with Crippen LogP contribution in [0.2, 0.25) is 0 Å². The van der Waals surface area contributed by atoms with E-state index in [1.165, 1.54) is 7.11 Å². The third kappa shape index (κ3) is 2.92. The molecule has 68 valence electrons. The van der Waals surface area contributed by atoms with Gasteiger partial charge in [0.1, 0.15) is 0 Å². The number of ether oxygens (including phenoxy) is 1. The van der Waals surface area contributed by atoms with E-state index in [0.29, 0.717) is 0 Å². The van der Waals surface area contributed by atoms with Crippen LogP contribution in [-0.2, 0) is 9.53 Å². The Morgan fingerprint density at radius 3 is 2.09 bits per heavy atom. The van der Waals surface area contributed by atoms with E-state index in [4.69, 9.17) is 5.73 Å². The SMILES string of the molecule is COC(=O)[C@@H]1CC[C@H]1N.S.S. The van der Waals surface area contributed by atoms with Crippen LogP contribution in [-0.4, -0.2) is 19.1 Å². The first-order valence-electron chi connectivity index (χ1n) is 3.09. The van der Waals surface area contributed by atoms with Crippen LogP contribution < -0.4 is 5.73 Å². The number of carbonyl (C=O) groups is 1. The van der Waals surface area contributed by atoms with Crippen LogP contribution >= 0.6 is 27.0 Å². The molecule has 5 heteroatoms. The largest absolute Gasteiger partial charge is 0.469 e. The number of hydrogen-bond acceptors (Lipinski definition) is 3. The molecule has 2 N–H and O–H groups in total. The zero-order valence-electron chi connectivity index (χ0n) is 6.46. The summed E-state index contributed by atoms with van der Waals surface area (Å²) in [5.41, 5.74) is 5.50. The molecule has 0 unspecified atom stereocenters. The fourth-order valence-corrected chi connectivity index (χ4v) is 0.970. The van der Waals surface area contributed by atoms with E-state index >= 15 is 0 Å². The lowest BCUT2D eigenvalue weighted by molar-refractivity contribution is -0.149. The lowest BCUT2D eigenvalue weighted by Gasteiger charge is -2.30. The molecule has 1 saturated carbocycles. The van der Waals surface area contributed by atoms with E-state index in [9.17, 15) is 4.79 Å². The van der Waals surface area contributed by atoms with Crippen LogP contribution in [0.1, 0.15) is 12.8 Å². The molecule has 0 aromatic heterocycles. The van der Waals surface area contributed by atoms with Gasteiger partial charge in [0, 0.05) is 6.04 Å². The Morgan fingerprint density at radius 1 is 1.45 bits per heavy atom. The maximum absolute atomic E-state index is 10.7. The van der Waals surface area contributed by atoms with Gasteiger partial charge in [-0.3, -0.25) is 4.79 Å². The summed E-state index contributed by atoms with van der Waals surface area (Å²) >= 11 is 0. The van der Waals surface area contributed by atoms with Crippen LogP contribution in [0.3, 0.4) is 0 Å². The van der Waals surface area contributed by atoms with E-state index in [1.54, 1.807) is 0 Å². The van der Waals surface area contributed by atoms with Crippen molar-refractivity contribution in [3.63, 3.8) is 0 Å². The molecule has 1 aliphatic rings. The third-order valence-corrected chi connectivity index (χ3v) is 1.83. The Hall–Kier alpha value is 0.130. The number of nitrogens with two attached hydrogens (primary N) is 1. The molecular weight excluding hydrogens is 182 g/mol. The minimum absolute atomic E-state index is 0. The number of carbonyl (C=O) groups excluding carboxylic acids is 1. The summed E-state index contributed by atoms with van der Waals surface area (Å²) in [6, 6.07) is 0.0532. The molecule has 0 aliphatic heterocycles. The molecule has 0 aromatic carbocycles. The van der Waals surface area contributed by atoms with Crippen molar-refractivity contribution in [2.45, 2.75) is 18.9 Å². The lowest BCUT2D eigenvalue weighted by atomic mass is 9.80. The molecule has 2 atom stereocenters. The fourth-order valence-electron chi connectivity index (χ4n) is 0.970. The van der Waals surface area contributed by atoms with E-state index in [1.807, 2.05) is 0 Å². The maximum atomic E-state index is 10.7. The molecule has 11 heavy (non-hydrogen) atoms. The van der Waals surface area contributed by atoms with Gasteiger partial charge in [0.05, 0.1) is 13.0 Å². The Bertz CT molecular complexity index is 132. The average molecular weight is 197 g/mol. The fraction of sp³-hybridized carbons (Fsp3) is 0.833. The summed E-state index contributed by atoms with van der Waals surface area (Å²) in [5.74, 6) is -0.177. The van der Waals surface area contributed by atoms with Gasteiger partial charge >= 0.3 is 5.97 Å². The highest BCUT2D eigenvalue weighted by Crippen LogP contribution is 2.25. The molecule has 0 saturated heterocycles. The number of rotatable bonds is 1. The molecular formula is C6H15NO2S2. The molecule has 0 heterocycles. The summed E-state index contributed by atoms with van der Waals surface area (Å²) in [6.07, 6.45) is 1.85. The highest BCUT2D eigenvalue weighted by atomic mass is 32.1. The maximum Gasteiger partial charge on any atom is 0.310 e. The summed E-state index contributed by atoms with van der Waals surface area (Å²) in [5, 5.41) is 0. The first-order valence-corrected chi connectivity index (χ1v) is 3.09. The normalized spacial score (nSPS) is 27.1. The van der Waals surface area contributed by atoms with Crippen LogP contribution in [0.5, 0.6) is 0 Å². The van der Waals surface area contributed by atoms with Crippen molar-refractivity contribution in [1.29, 1.82) is 0 Å². The first-order chi connectivity index (χ1) is 4.25. The van der Waals surface area contributed by atoms with Crippen LogP contribution in [0.15, 0.2) is 0 Å². The van der Waals surface area contributed by atoms with Gasteiger partial charge in [0.25, 0.3) is 0 Å². The molecule has 1 fully saturated rings. The second kappa shape index (κ2) is 5.74. The zero-order valence-corrected chi connectivity index (χ0v) is 8.46. The van der Waals surface area contributed by atoms with Gasteiger partial charge in [-0.15, -0.1) is 0 Å². The van der Waals surface area contributed by atoms with Crippen molar-refractivity contribution in [3.05, 3.63) is 0 Å². The van der Waals surface area contributed by atoms with Gasteiger partial charge in [-0.1, -0.05) is 0 Å². The molecule has 0 radical (unpaired) electrons. The van der Waals surface area contributed by atoms with Gasteiger partial charge < -0.3 is 10.5 Å². The van der Waals surface area contributed by atoms with Crippen molar-refractivity contribution < 1.29 is 9.53 Å². The van der Waals surface area contributed by atoms with Crippen molar-refractivity contribution in [3.8, 4) is 0 Å². The molecule has 0 amide bonds. The highest BCUT2D eigenvalue weighted by molar-refractivity contribution is 7.59. The van der Waals surface area contributed by atoms with E-state index < -0.39 is 0 Å². The van der Waals surface area contributed by atoms with Gasteiger partial charge in [0.2, 0.25) is 0 Å². The molecule has 0 spiro atoms. The van der Waals surface area contributed by atoms with Gasteiger partial charge in [-0.05, 0) is 12.8 Å². The molecule has 0 aromatic rings. The monoisotopic (exact) mass is 197 g/mol. The van der Waals surface area contributed by atoms with Gasteiger partial charge in [-0.2, -0.15) is 27.0 Å². The van der Waals surface area contributed by atoms with Crippen LogP contribution in [0, 0.1) is 5.92 Å². The topological polar surface area (TPSA) is 52.3 Å². The van der Waals surface area contributed by atoms with Crippen molar-refractivity contribution >= 4 is 33.0 Å². The predicted molar refractivity (Wildman–Crippen MR) is 53.5 cm³/mol. The Morgan fingerprint density at radius 2 is 2.00 bits per heavy atom. The highest BCUT2D eigenvalue weighted by Gasteiger charge is 2.34. The Labute approximate surface area is 80.6 Å². The number of esters is 1. The van der Waals surface area contributed by atoms with E-state index in [-0.39, 0.29) is 44.9 Å². The average Bonchev–Trinajstić information content (AvgIpc) is 1.84. The smallest absolute Gasteiger partial charge is 0.310 e. The minimum Gasteiger partial charge on any atom is -0.469 e. The van der Waals surface area contributed by atoms with Crippen molar-refractivity contribution in [2.75, 3.05) is 7.11 Å². The first kappa shape index (κ1) is 13.7. The van der Waals surface area contributed by atoms with Crippen molar-refractivity contribution in [1.82, 2.24) is 0 Å². The molecule has 0 bridgehead atoms. The van der Waals surface area contributed by atoms with Crippen molar-refractivity contribution in [2.24, 2.45) is 11.7 Å². The van der Waals surface area contributed by atoms with Gasteiger partial charge in [0.15, 0.2) is 0 Å². The Kier molecular flexibility index (Phi) is 7.15. The standard InChI is InChI=1S/C6H11NO2.2H2S/c1-9-6(8)4-2-3-5(4)7;;/h4-5H,2-3,7H2,1H3;2*1H2/t4-,5-;;/m1../s1. The molecule has 1 rings (SSSR count). The predicted octanol–water partition coefficient (Wildman–Crippen LogP) is 0.122. The lowest BCUT2D eigenvalue weighted by Crippen LogP contribution is -2.44. The quantitative estimate of drug-likeness (QED) is 0.608. The summed E-state index contributed by atoms with van der Waals surface area (Å²) < 4.78 is 4.51. The molecule has 1 aliphatic carbocycles. The number of methoxy groups -OCH3 is 1. The second-order valence-electron chi connectivity index (χ2n) is 2.37. The summed E-state index contributed by atoms with van der Waals surface area (Å²) in [4.78, 5) is 10.7. The zero-order chi connectivity index (χ0) is 6.85. The Balaban J connectivity index is 0. The summed E-state index contributed by atoms with van der Waals surface area (Å²) in [7, 11) is 1.40. The number of hydrogen-bond donors (Lipinski definition) is 1. The van der Waals surface area contributed by atoms with Crippen LogP contribution in [0.4, 0.5) is 0 Å². The van der Waals surface area contributed by atoms with E-state index in [0.717, 1.165) is 12.8 Å². The van der Waals surface area contributed by atoms with Gasteiger partial charge in [-0.25, -0.2) is 0 Å². The molecule has 3 nitrogen and oxygen atoms in total. The minimum atomic E-state index is -0.159. The van der Waals surface area contributed by atoms with E-state index in [2.05, 4.69) is 4.74 Å². The van der Waals surface area contributed by atoms with Crippen LogP contribution in [0.25, 0.3) is 0 Å². The third-order valence-electron chi connectivity index (χ3n) is 1.83.